The molecule has 0 spiro atoms. The van der Waals surface area contributed by atoms with Crippen LogP contribution in [-0.4, -0.2) is 48.3 Å². The van der Waals surface area contributed by atoms with E-state index in [0.717, 1.165) is 19.3 Å². The molecule has 1 atom stereocenters. The average Bonchev–Trinajstić information content (AvgIpc) is 2.55. The zero-order chi connectivity index (χ0) is 15.1. The largest absolute Gasteiger partial charge is 0.378 e. The Labute approximate surface area is 125 Å². The number of piperidine rings is 1. The summed E-state index contributed by atoms with van der Waals surface area (Å²) in [6, 6.07) is 9.05. The number of nitrogens with zero attached hydrogens (tertiary/aromatic N) is 1. The smallest absolute Gasteiger partial charge is 0.256 e. The number of carbonyl (C=O) groups is 1. The SMILES string of the molecule is NCCCOC1CCN(C(=O)C(O)c2ccccc2)CC1. The van der Waals surface area contributed by atoms with Crippen LogP contribution in [0.1, 0.15) is 30.9 Å². The van der Waals surface area contributed by atoms with E-state index in [0.29, 0.717) is 31.8 Å². The predicted molar refractivity (Wildman–Crippen MR) is 80.6 cm³/mol. The first-order chi connectivity index (χ1) is 10.2. The van der Waals surface area contributed by atoms with Gasteiger partial charge in [0, 0.05) is 19.7 Å². The molecule has 0 aromatic heterocycles. The van der Waals surface area contributed by atoms with Gasteiger partial charge in [-0.05, 0) is 31.4 Å². The maximum Gasteiger partial charge on any atom is 0.256 e. The van der Waals surface area contributed by atoms with Crippen molar-refractivity contribution in [2.24, 2.45) is 5.73 Å². The molecule has 1 saturated heterocycles. The van der Waals surface area contributed by atoms with Crippen molar-refractivity contribution in [2.75, 3.05) is 26.2 Å². The van der Waals surface area contributed by atoms with E-state index < -0.39 is 6.10 Å². The molecular weight excluding hydrogens is 268 g/mol. The Balaban J connectivity index is 1.80. The molecule has 1 aliphatic rings. The number of aliphatic hydroxyl groups is 1. The van der Waals surface area contributed by atoms with Crippen LogP contribution < -0.4 is 5.73 Å². The summed E-state index contributed by atoms with van der Waals surface area (Å²) >= 11 is 0. The molecule has 1 heterocycles. The van der Waals surface area contributed by atoms with Gasteiger partial charge in [-0.2, -0.15) is 0 Å². The van der Waals surface area contributed by atoms with Crippen LogP contribution in [-0.2, 0) is 9.53 Å². The van der Waals surface area contributed by atoms with Crippen LogP contribution >= 0.6 is 0 Å². The summed E-state index contributed by atoms with van der Waals surface area (Å²) in [6.07, 6.45) is 1.64. The lowest BCUT2D eigenvalue weighted by Crippen LogP contribution is -2.43. The number of hydrogen-bond acceptors (Lipinski definition) is 4. The van der Waals surface area contributed by atoms with Crippen LogP contribution in [0.5, 0.6) is 0 Å². The molecule has 1 fully saturated rings. The van der Waals surface area contributed by atoms with Gasteiger partial charge in [0.15, 0.2) is 6.10 Å². The minimum atomic E-state index is -1.07. The highest BCUT2D eigenvalue weighted by molar-refractivity contribution is 5.82. The number of aliphatic hydroxyl groups excluding tert-OH is 1. The van der Waals surface area contributed by atoms with Crippen LogP contribution in [0.2, 0.25) is 0 Å². The summed E-state index contributed by atoms with van der Waals surface area (Å²) < 4.78 is 5.72. The van der Waals surface area contributed by atoms with Gasteiger partial charge in [-0.1, -0.05) is 30.3 Å². The van der Waals surface area contributed by atoms with Crippen LogP contribution in [0.4, 0.5) is 0 Å². The zero-order valence-electron chi connectivity index (χ0n) is 12.3. The molecule has 21 heavy (non-hydrogen) atoms. The standard InChI is InChI=1S/C16H24N2O3/c17-9-4-12-21-14-7-10-18(11-8-14)16(20)15(19)13-5-2-1-3-6-13/h1-3,5-6,14-15,19H,4,7-12,17H2. The first kappa shape index (κ1) is 15.9. The maximum atomic E-state index is 12.3. The topological polar surface area (TPSA) is 75.8 Å². The predicted octanol–water partition coefficient (Wildman–Crippen LogP) is 1.08. The fourth-order valence-electron chi connectivity index (χ4n) is 2.53. The molecule has 3 N–H and O–H groups in total. The molecule has 116 valence electrons. The van der Waals surface area contributed by atoms with Gasteiger partial charge < -0.3 is 20.5 Å². The van der Waals surface area contributed by atoms with Crippen molar-refractivity contribution >= 4 is 5.91 Å². The van der Waals surface area contributed by atoms with Crippen molar-refractivity contribution in [1.82, 2.24) is 4.90 Å². The van der Waals surface area contributed by atoms with E-state index in [1.54, 1.807) is 17.0 Å². The molecule has 5 heteroatoms. The molecular formula is C16H24N2O3. The van der Waals surface area contributed by atoms with Crippen molar-refractivity contribution in [3.8, 4) is 0 Å². The summed E-state index contributed by atoms with van der Waals surface area (Å²) in [5, 5.41) is 10.1. The molecule has 0 saturated carbocycles. The fourth-order valence-corrected chi connectivity index (χ4v) is 2.53. The summed E-state index contributed by atoms with van der Waals surface area (Å²) in [4.78, 5) is 14.0. The molecule has 1 aliphatic heterocycles. The number of hydrogen-bond donors (Lipinski definition) is 2. The Morgan fingerprint density at radius 1 is 1.33 bits per heavy atom. The van der Waals surface area contributed by atoms with Crippen molar-refractivity contribution in [3.63, 3.8) is 0 Å². The van der Waals surface area contributed by atoms with Gasteiger partial charge in [0.25, 0.3) is 5.91 Å². The third-order valence-corrected chi connectivity index (χ3v) is 3.80. The number of nitrogens with two attached hydrogens (primary N) is 1. The second-order valence-electron chi connectivity index (χ2n) is 5.35. The Bertz CT molecular complexity index is 430. The number of rotatable bonds is 6. The van der Waals surface area contributed by atoms with E-state index >= 15 is 0 Å². The van der Waals surface area contributed by atoms with Gasteiger partial charge in [-0.15, -0.1) is 0 Å². The normalized spacial score (nSPS) is 17.7. The van der Waals surface area contributed by atoms with E-state index in [-0.39, 0.29) is 12.0 Å². The lowest BCUT2D eigenvalue weighted by atomic mass is 10.0. The number of amides is 1. The third kappa shape index (κ3) is 4.52. The minimum Gasteiger partial charge on any atom is -0.378 e. The molecule has 2 rings (SSSR count). The molecule has 0 aliphatic carbocycles. The highest BCUT2D eigenvalue weighted by Crippen LogP contribution is 2.20. The summed E-state index contributed by atoms with van der Waals surface area (Å²) in [5.74, 6) is -0.221. The summed E-state index contributed by atoms with van der Waals surface area (Å²) in [7, 11) is 0. The van der Waals surface area contributed by atoms with E-state index in [9.17, 15) is 9.90 Å². The van der Waals surface area contributed by atoms with Crippen molar-refractivity contribution in [2.45, 2.75) is 31.5 Å². The van der Waals surface area contributed by atoms with Gasteiger partial charge in [-0.3, -0.25) is 4.79 Å². The van der Waals surface area contributed by atoms with Gasteiger partial charge in [0.1, 0.15) is 0 Å². The fraction of sp³-hybridized carbons (Fsp3) is 0.562. The number of benzene rings is 1. The third-order valence-electron chi connectivity index (χ3n) is 3.80. The highest BCUT2D eigenvalue weighted by atomic mass is 16.5. The molecule has 0 bridgehead atoms. The summed E-state index contributed by atoms with van der Waals surface area (Å²) in [5.41, 5.74) is 6.08. The Kier molecular flexibility index (Phi) is 6.17. The van der Waals surface area contributed by atoms with Gasteiger partial charge in [0.2, 0.25) is 0 Å². The second-order valence-corrected chi connectivity index (χ2v) is 5.35. The minimum absolute atomic E-state index is 0.203. The molecule has 1 aromatic carbocycles. The van der Waals surface area contributed by atoms with Crippen LogP contribution in [0.3, 0.4) is 0 Å². The van der Waals surface area contributed by atoms with E-state index in [1.165, 1.54) is 0 Å². The molecule has 5 nitrogen and oxygen atoms in total. The molecule has 1 amide bonds. The monoisotopic (exact) mass is 292 g/mol. The quantitative estimate of drug-likeness (QED) is 0.769. The number of carbonyl (C=O) groups excluding carboxylic acids is 1. The van der Waals surface area contributed by atoms with Crippen LogP contribution in [0.25, 0.3) is 0 Å². The number of likely N-dealkylation sites (tertiary alicyclic amines) is 1. The summed E-state index contributed by atoms with van der Waals surface area (Å²) in [6.45, 7) is 2.59. The second kappa shape index (κ2) is 8.12. The molecule has 1 unspecified atom stereocenters. The van der Waals surface area contributed by atoms with Gasteiger partial charge >= 0.3 is 0 Å². The van der Waals surface area contributed by atoms with E-state index in [4.69, 9.17) is 10.5 Å². The van der Waals surface area contributed by atoms with Crippen molar-refractivity contribution < 1.29 is 14.6 Å². The Hall–Kier alpha value is -1.43. The maximum absolute atomic E-state index is 12.3. The number of ether oxygens (including phenoxy) is 1. The molecule has 1 aromatic rings. The lowest BCUT2D eigenvalue weighted by Gasteiger charge is -2.33. The lowest BCUT2D eigenvalue weighted by molar-refractivity contribution is -0.143. The first-order valence-corrected chi connectivity index (χ1v) is 7.56. The highest BCUT2D eigenvalue weighted by Gasteiger charge is 2.28. The van der Waals surface area contributed by atoms with Crippen molar-refractivity contribution in [3.05, 3.63) is 35.9 Å². The zero-order valence-corrected chi connectivity index (χ0v) is 12.3. The van der Waals surface area contributed by atoms with E-state index in [1.807, 2.05) is 18.2 Å². The van der Waals surface area contributed by atoms with Crippen molar-refractivity contribution in [1.29, 1.82) is 0 Å². The average molecular weight is 292 g/mol. The van der Waals surface area contributed by atoms with Crippen LogP contribution in [0, 0.1) is 0 Å². The van der Waals surface area contributed by atoms with E-state index in [2.05, 4.69) is 0 Å². The first-order valence-electron chi connectivity index (χ1n) is 7.56. The van der Waals surface area contributed by atoms with Gasteiger partial charge in [0.05, 0.1) is 6.10 Å². The van der Waals surface area contributed by atoms with Crippen LogP contribution in [0.15, 0.2) is 30.3 Å². The molecule has 0 radical (unpaired) electrons. The van der Waals surface area contributed by atoms with Gasteiger partial charge in [-0.25, -0.2) is 0 Å². The Morgan fingerprint density at radius 2 is 2.00 bits per heavy atom. The Morgan fingerprint density at radius 3 is 2.62 bits per heavy atom.